The van der Waals surface area contributed by atoms with Crippen molar-refractivity contribution in [2.24, 2.45) is 11.5 Å². The third-order valence-electron chi connectivity index (χ3n) is 4.99. The number of aliphatic carboxylic acids is 2. The van der Waals surface area contributed by atoms with Gasteiger partial charge < -0.3 is 47.7 Å². The lowest BCUT2D eigenvalue weighted by molar-refractivity contribution is -0.143. The minimum absolute atomic E-state index is 0.0385. The van der Waals surface area contributed by atoms with Gasteiger partial charge in [-0.3, -0.25) is 19.2 Å². The zero-order valence-electron chi connectivity index (χ0n) is 19.1. The van der Waals surface area contributed by atoms with E-state index >= 15 is 0 Å². The molecule has 1 aromatic heterocycles. The van der Waals surface area contributed by atoms with Gasteiger partial charge in [0.25, 0.3) is 0 Å². The number of nitrogens with two attached hydrogens (primary N) is 2. The maximum absolute atomic E-state index is 13.0. The highest BCUT2D eigenvalue weighted by Gasteiger charge is 2.30. The predicted molar refractivity (Wildman–Crippen MR) is 121 cm³/mol. The number of hydrogen-bond acceptors (Lipinski definition) is 9. The molecule has 15 nitrogen and oxygen atoms in total. The normalized spacial score (nSPS) is 14.3. The van der Waals surface area contributed by atoms with Gasteiger partial charge in [-0.15, -0.1) is 0 Å². The lowest BCUT2D eigenvalue weighted by Gasteiger charge is -2.25. The molecule has 0 saturated heterocycles. The number of aliphatic hydroxyl groups excluding tert-OH is 1. The second kappa shape index (κ2) is 15.4. The summed E-state index contributed by atoms with van der Waals surface area (Å²) >= 11 is 0. The van der Waals surface area contributed by atoms with Crippen LogP contribution in [0.4, 0.5) is 0 Å². The Morgan fingerprint density at radius 3 is 2.11 bits per heavy atom. The molecule has 1 rings (SSSR count). The third-order valence-corrected chi connectivity index (χ3v) is 4.99. The maximum Gasteiger partial charge on any atom is 0.326 e. The summed E-state index contributed by atoms with van der Waals surface area (Å²) in [7, 11) is 0. The summed E-state index contributed by atoms with van der Waals surface area (Å²) in [6, 6.07) is -5.14. The van der Waals surface area contributed by atoms with Crippen molar-refractivity contribution in [3.8, 4) is 0 Å². The summed E-state index contributed by atoms with van der Waals surface area (Å²) in [6.07, 6.45) is 3.00. The number of amides is 3. The highest BCUT2D eigenvalue weighted by atomic mass is 16.4. The Hall–Kier alpha value is -3.56. The Morgan fingerprint density at radius 1 is 0.943 bits per heavy atom. The molecule has 0 aliphatic rings. The SMILES string of the molecule is NCCCCC(NC(=O)C(Cc1cnc[nH]1)NC(=O)C(N)CO)C(=O)NC(CCC(=O)O)C(=O)O. The quantitative estimate of drug-likeness (QED) is 0.0963. The molecule has 0 aliphatic carbocycles. The Balaban J connectivity index is 3.02. The fourth-order valence-electron chi connectivity index (χ4n) is 3.02. The number of hydrogen-bond donors (Lipinski definition) is 9. The van der Waals surface area contributed by atoms with Gasteiger partial charge in [0.1, 0.15) is 24.2 Å². The Labute approximate surface area is 201 Å². The lowest BCUT2D eigenvalue weighted by Crippen LogP contribution is -2.58. The number of carbonyl (C=O) groups excluding carboxylic acids is 3. The van der Waals surface area contributed by atoms with Crippen LogP contribution in [0.2, 0.25) is 0 Å². The van der Waals surface area contributed by atoms with E-state index in [1.54, 1.807) is 0 Å². The number of nitrogens with zero attached hydrogens (tertiary/aromatic N) is 1. The van der Waals surface area contributed by atoms with Crippen LogP contribution in [0.1, 0.15) is 37.8 Å². The van der Waals surface area contributed by atoms with Gasteiger partial charge in [-0.1, -0.05) is 0 Å². The van der Waals surface area contributed by atoms with E-state index in [-0.39, 0.29) is 19.3 Å². The Morgan fingerprint density at radius 2 is 1.57 bits per heavy atom. The number of aromatic amines is 1. The molecule has 0 aliphatic heterocycles. The zero-order chi connectivity index (χ0) is 26.4. The van der Waals surface area contributed by atoms with Crippen LogP contribution in [0, 0.1) is 0 Å². The zero-order valence-corrected chi connectivity index (χ0v) is 19.1. The molecule has 0 radical (unpaired) electrons. The fraction of sp³-hybridized carbons (Fsp3) is 0.600. The third kappa shape index (κ3) is 10.9. The van der Waals surface area contributed by atoms with Crippen LogP contribution in [0.15, 0.2) is 12.5 Å². The van der Waals surface area contributed by atoms with Gasteiger partial charge in [0, 0.05) is 24.7 Å². The van der Waals surface area contributed by atoms with Crippen molar-refractivity contribution in [2.45, 2.75) is 62.7 Å². The number of aromatic nitrogens is 2. The molecule has 0 spiro atoms. The molecular formula is C20H33N7O8. The Bertz CT molecular complexity index is 849. The van der Waals surface area contributed by atoms with Crippen LogP contribution in [0.25, 0.3) is 0 Å². The molecule has 4 atom stereocenters. The minimum Gasteiger partial charge on any atom is -0.481 e. The number of carboxylic acid groups (broad SMARTS) is 2. The van der Waals surface area contributed by atoms with E-state index in [0.717, 1.165) is 0 Å². The molecule has 0 bridgehead atoms. The number of nitrogens with one attached hydrogen (secondary N) is 4. The molecule has 1 aromatic rings. The molecule has 11 N–H and O–H groups in total. The van der Waals surface area contributed by atoms with Crippen molar-refractivity contribution in [2.75, 3.05) is 13.2 Å². The van der Waals surface area contributed by atoms with Crippen molar-refractivity contribution in [3.05, 3.63) is 18.2 Å². The maximum atomic E-state index is 13.0. The second-order valence-electron chi connectivity index (χ2n) is 7.81. The van der Waals surface area contributed by atoms with Crippen molar-refractivity contribution < 1.29 is 39.3 Å². The highest BCUT2D eigenvalue weighted by Crippen LogP contribution is 2.06. The number of imidazole rings is 1. The van der Waals surface area contributed by atoms with Crippen molar-refractivity contribution in [1.29, 1.82) is 0 Å². The molecule has 3 amide bonds. The monoisotopic (exact) mass is 499 g/mol. The number of rotatable bonds is 17. The second-order valence-corrected chi connectivity index (χ2v) is 7.81. The summed E-state index contributed by atoms with van der Waals surface area (Å²) in [6.45, 7) is -0.322. The molecule has 0 fully saturated rings. The number of carboxylic acids is 2. The number of H-pyrrole nitrogens is 1. The first-order chi connectivity index (χ1) is 16.6. The summed E-state index contributed by atoms with van der Waals surface area (Å²) in [5.41, 5.74) is 11.5. The van der Waals surface area contributed by atoms with E-state index in [1.807, 2.05) is 0 Å². The lowest BCUT2D eigenvalue weighted by atomic mass is 10.0. The molecule has 196 valence electrons. The topological polar surface area (TPSA) is 263 Å². The van der Waals surface area contributed by atoms with Crippen LogP contribution < -0.4 is 27.4 Å². The van der Waals surface area contributed by atoms with Gasteiger partial charge in [-0.25, -0.2) is 9.78 Å². The average molecular weight is 500 g/mol. The molecule has 1 heterocycles. The van der Waals surface area contributed by atoms with E-state index < -0.39 is 66.9 Å². The van der Waals surface area contributed by atoms with Crippen LogP contribution in [-0.2, 0) is 30.4 Å². The summed E-state index contributed by atoms with van der Waals surface area (Å²) in [5.74, 6) is -5.03. The summed E-state index contributed by atoms with van der Waals surface area (Å²) in [4.78, 5) is 66.9. The molecule has 35 heavy (non-hydrogen) atoms. The highest BCUT2D eigenvalue weighted by molar-refractivity contribution is 5.94. The first kappa shape index (κ1) is 29.5. The molecule has 0 aromatic carbocycles. The number of carbonyl (C=O) groups is 5. The van der Waals surface area contributed by atoms with Gasteiger partial charge in [-0.2, -0.15) is 0 Å². The van der Waals surface area contributed by atoms with Gasteiger partial charge >= 0.3 is 11.9 Å². The summed E-state index contributed by atoms with van der Waals surface area (Å²) in [5, 5.41) is 34.4. The van der Waals surface area contributed by atoms with Crippen LogP contribution in [-0.4, -0.2) is 92.3 Å². The van der Waals surface area contributed by atoms with Gasteiger partial charge in [0.2, 0.25) is 17.7 Å². The first-order valence-electron chi connectivity index (χ1n) is 11.0. The standard InChI is InChI=1S/C20H33N7O8/c21-6-2-1-3-13(18(32)26-14(20(34)35)4-5-16(29)30)25-19(33)15(7-11-8-23-10-24-11)27-17(31)12(22)9-28/h8,10,12-15,28H,1-7,9,21-22H2,(H,23,24)(H,25,33)(H,26,32)(H,27,31)(H,29,30)(H,34,35). The van der Waals surface area contributed by atoms with Crippen LogP contribution >= 0.6 is 0 Å². The fourth-order valence-corrected chi connectivity index (χ4v) is 3.02. The van der Waals surface area contributed by atoms with Crippen LogP contribution in [0.3, 0.4) is 0 Å². The smallest absolute Gasteiger partial charge is 0.326 e. The average Bonchev–Trinajstić information content (AvgIpc) is 3.32. The van der Waals surface area contributed by atoms with E-state index in [1.165, 1.54) is 12.5 Å². The molecule has 15 heteroatoms. The Kier molecular flexibility index (Phi) is 12.9. The van der Waals surface area contributed by atoms with Gasteiger partial charge in [0.05, 0.1) is 12.9 Å². The number of aliphatic hydroxyl groups is 1. The molecule has 0 saturated carbocycles. The van der Waals surface area contributed by atoms with E-state index in [9.17, 15) is 29.1 Å². The van der Waals surface area contributed by atoms with Crippen molar-refractivity contribution >= 4 is 29.7 Å². The molecular weight excluding hydrogens is 466 g/mol. The van der Waals surface area contributed by atoms with Crippen LogP contribution in [0.5, 0.6) is 0 Å². The molecule has 4 unspecified atom stereocenters. The summed E-state index contributed by atoms with van der Waals surface area (Å²) < 4.78 is 0. The number of unbranched alkanes of at least 4 members (excludes halogenated alkanes) is 1. The van der Waals surface area contributed by atoms with E-state index in [2.05, 4.69) is 25.9 Å². The van der Waals surface area contributed by atoms with Crippen molar-refractivity contribution in [3.63, 3.8) is 0 Å². The largest absolute Gasteiger partial charge is 0.481 e. The van der Waals surface area contributed by atoms with Crippen molar-refractivity contribution in [1.82, 2.24) is 25.9 Å². The van der Waals surface area contributed by atoms with E-state index in [0.29, 0.717) is 25.1 Å². The predicted octanol–water partition coefficient (Wildman–Crippen LogP) is -3.20. The van der Waals surface area contributed by atoms with E-state index in [4.69, 9.17) is 21.7 Å². The van der Waals surface area contributed by atoms with Gasteiger partial charge in [0.15, 0.2) is 0 Å². The minimum atomic E-state index is -1.48. The first-order valence-corrected chi connectivity index (χ1v) is 11.0. The van der Waals surface area contributed by atoms with Gasteiger partial charge in [-0.05, 0) is 32.2 Å².